The molecule has 1 aromatic heterocycles. The number of hydrazone groups is 1. The number of thiophene rings is 1. The second-order valence-electron chi connectivity index (χ2n) is 6.56. The zero-order chi connectivity index (χ0) is 22.3. The number of nitrogens with zero attached hydrogens (tertiary/aromatic N) is 2. The number of sulfonamides is 1. The van der Waals surface area contributed by atoms with Crippen molar-refractivity contribution in [3.05, 3.63) is 76.5 Å². The molecule has 9 heteroatoms. The molecule has 7 nitrogen and oxygen atoms in total. The summed E-state index contributed by atoms with van der Waals surface area (Å²) in [6.45, 7) is 3.82. The lowest BCUT2D eigenvalue weighted by Crippen LogP contribution is -2.39. The molecule has 0 aliphatic heterocycles. The van der Waals surface area contributed by atoms with Crippen molar-refractivity contribution in [3.8, 4) is 5.75 Å². The normalized spacial score (nSPS) is 11.4. The molecule has 0 aliphatic carbocycles. The van der Waals surface area contributed by atoms with Crippen LogP contribution in [0.2, 0.25) is 0 Å². The number of anilines is 1. The average molecular weight is 458 g/mol. The van der Waals surface area contributed by atoms with Gasteiger partial charge in [-0.05, 0) is 61.7 Å². The topological polar surface area (TPSA) is 88.1 Å². The van der Waals surface area contributed by atoms with Gasteiger partial charge in [0.25, 0.3) is 15.9 Å². The van der Waals surface area contributed by atoms with Crippen molar-refractivity contribution in [2.45, 2.75) is 18.7 Å². The molecule has 31 heavy (non-hydrogen) atoms. The van der Waals surface area contributed by atoms with Crippen LogP contribution in [0, 0.1) is 6.92 Å². The van der Waals surface area contributed by atoms with Crippen LogP contribution >= 0.6 is 11.3 Å². The lowest BCUT2D eigenvalue weighted by molar-refractivity contribution is -0.119. The Morgan fingerprint density at radius 3 is 2.45 bits per heavy atom. The van der Waals surface area contributed by atoms with Crippen molar-refractivity contribution in [1.82, 2.24) is 5.43 Å². The predicted octanol–water partition coefficient (Wildman–Crippen LogP) is 3.80. The molecule has 1 N–H and O–H groups in total. The lowest BCUT2D eigenvalue weighted by atomic mass is 10.2. The van der Waals surface area contributed by atoms with Crippen LogP contribution in [0.3, 0.4) is 0 Å². The van der Waals surface area contributed by atoms with Crippen LogP contribution in [-0.4, -0.2) is 33.7 Å². The highest BCUT2D eigenvalue weighted by molar-refractivity contribution is 7.92. The third-order valence-corrected chi connectivity index (χ3v) is 6.85. The molecule has 1 amide bonds. The predicted molar refractivity (Wildman–Crippen MR) is 123 cm³/mol. The SMILES string of the molecule is CCOc1ccc(S(=O)(=O)N(CC(=O)N/N=C\c2cccs2)c2ccc(C)cc2)cc1. The molecule has 0 atom stereocenters. The van der Waals surface area contributed by atoms with Crippen molar-refractivity contribution in [3.63, 3.8) is 0 Å². The van der Waals surface area contributed by atoms with E-state index in [1.807, 2.05) is 31.4 Å². The van der Waals surface area contributed by atoms with Crippen LogP contribution < -0.4 is 14.5 Å². The maximum Gasteiger partial charge on any atom is 0.264 e. The van der Waals surface area contributed by atoms with Gasteiger partial charge in [0.15, 0.2) is 0 Å². The molecule has 2 aromatic carbocycles. The molecule has 0 saturated heterocycles. The largest absolute Gasteiger partial charge is 0.494 e. The number of hydrogen-bond donors (Lipinski definition) is 1. The Morgan fingerprint density at radius 2 is 1.84 bits per heavy atom. The van der Waals surface area contributed by atoms with Gasteiger partial charge in [0, 0.05) is 4.88 Å². The van der Waals surface area contributed by atoms with Crippen molar-refractivity contribution >= 4 is 39.2 Å². The van der Waals surface area contributed by atoms with Gasteiger partial charge >= 0.3 is 0 Å². The number of benzene rings is 2. The number of ether oxygens (including phenoxy) is 1. The third-order valence-electron chi connectivity index (χ3n) is 4.26. The van der Waals surface area contributed by atoms with E-state index in [4.69, 9.17) is 4.74 Å². The Bertz CT molecular complexity index is 1120. The highest BCUT2D eigenvalue weighted by Gasteiger charge is 2.27. The van der Waals surface area contributed by atoms with Crippen molar-refractivity contribution < 1.29 is 17.9 Å². The van der Waals surface area contributed by atoms with Gasteiger partial charge in [-0.1, -0.05) is 23.8 Å². The molecule has 0 unspecified atom stereocenters. The molecule has 3 rings (SSSR count). The van der Waals surface area contributed by atoms with Crippen LogP contribution in [0.1, 0.15) is 17.4 Å². The summed E-state index contributed by atoms with van der Waals surface area (Å²) in [5.74, 6) is 0.0203. The first-order valence-electron chi connectivity index (χ1n) is 9.58. The van der Waals surface area contributed by atoms with E-state index >= 15 is 0 Å². The maximum atomic E-state index is 13.4. The minimum atomic E-state index is -3.99. The van der Waals surface area contributed by atoms with E-state index in [1.54, 1.807) is 36.4 Å². The Kier molecular flexibility index (Phi) is 7.43. The number of aryl methyl sites for hydroxylation is 1. The van der Waals surface area contributed by atoms with Gasteiger partial charge in [-0.3, -0.25) is 9.10 Å². The first-order valence-corrected chi connectivity index (χ1v) is 11.9. The van der Waals surface area contributed by atoms with Gasteiger partial charge < -0.3 is 4.74 Å². The van der Waals surface area contributed by atoms with Crippen LogP contribution in [0.5, 0.6) is 5.75 Å². The van der Waals surface area contributed by atoms with Crippen molar-refractivity contribution in [2.75, 3.05) is 17.5 Å². The van der Waals surface area contributed by atoms with E-state index in [1.165, 1.54) is 29.7 Å². The second kappa shape index (κ2) is 10.2. The molecule has 162 valence electrons. The number of carbonyl (C=O) groups is 1. The summed E-state index contributed by atoms with van der Waals surface area (Å²) in [6, 6.07) is 16.8. The fourth-order valence-corrected chi connectivity index (χ4v) is 4.73. The van der Waals surface area contributed by atoms with Gasteiger partial charge in [-0.15, -0.1) is 11.3 Å². The molecule has 0 saturated carbocycles. The zero-order valence-electron chi connectivity index (χ0n) is 17.2. The van der Waals surface area contributed by atoms with E-state index < -0.39 is 22.5 Å². The number of rotatable bonds is 9. The van der Waals surface area contributed by atoms with E-state index in [2.05, 4.69) is 10.5 Å². The summed E-state index contributed by atoms with van der Waals surface area (Å²) >= 11 is 1.48. The van der Waals surface area contributed by atoms with Gasteiger partial charge in [0.1, 0.15) is 12.3 Å². The maximum absolute atomic E-state index is 13.4. The standard InChI is InChI=1S/C22H23N3O4S2/c1-3-29-19-10-12-21(13-11-19)31(27,28)25(18-8-6-17(2)7-9-18)16-22(26)24-23-15-20-5-4-14-30-20/h4-15H,3,16H2,1-2H3,(H,24,26)/b23-15-. The van der Waals surface area contributed by atoms with Gasteiger partial charge in [-0.25, -0.2) is 13.8 Å². The smallest absolute Gasteiger partial charge is 0.264 e. The lowest BCUT2D eigenvalue weighted by Gasteiger charge is -2.24. The van der Waals surface area contributed by atoms with Crippen LogP contribution in [-0.2, 0) is 14.8 Å². The number of amides is 1. The summed E-state index contributed by atoms with van der Waals surface area (Å²) in [5.41, 5.74) is 3.76. The molecular weight excluding hydrogens is 434 g/mol. The molecule has 0 radical (unpaired) electrons. The van der Waals surface area contributed by atoms with Crippen LogP contribution in [0.15, 0.2) is 76.0 Å². The van der Waals surface area contributed by atoms with E-state index in [9.17, 15) is 13.2 Å². The molecule has 1 heterocycles. The highest BCUT2D eigenvalue weighted by atomic mass is 32.2. The first kappa shape index (κ1) is 22.5. The molecule has 3 aromatic rings. The van der Waals surface area contributed by atoms with Gasteiger partial charge in [0.05, 0.1) is 23.4 Å². The molecular formula is C22H23N3O4S2. The average Bonchev–Trinajstić information content (AvgIpc) is 3.27. The molecule has 0 aliphatic rings. The molecule has 0 fully saturated rings. The van der Waals surface area contributed by atoms with Crippen molar-refractivity contribution in [1.29, 1.82) is 0 Å². The number of carbonyl (C=O) groups excluding carboxylic acids is 1. The van der Waals surface area contributed by atoms with Crippen molar-refractivity contribution in [2.24, 2.45) is 5.10 Å². The highest BCUT2D eigenvalue weighted by Crippen LogP contribution is 2.25. The summed E-state index contributed by atoms with van der Waals surface area (Å²) < 4.78 is 33.2. The Morgan fingerprint density at radius 1 is 1.13 bits per heavy atom. The Hall–Kier alpha value is -3.17. The van der Waals surface area contributed by atoms with Gasteiger partial charge in [0.2, 0.25) is 0 Å². The van der Waals surface area contributed by atoms with Crippen LogP contribution in [0.25, 0.3) is 0 Å². The number of hydrogen-bond acceptors (Lipinski definition) is 6. The summed E-state index contributed by atoms with van der Waals surface area (Å²) in [4.78, 5) is 13.4. The quantitative estimate of drug-likeness (QED) is 0.391. The molecule has 0 spiro atoms. The van der Waals surface area contributed by atoms with E-state index in [0.29, 0.717) is 18.0 Å². The fraction of sp³-hybridized carbons (Fsp3) is 0.182. The minimum absolute atomic E-state index is 0.0615. The Labute approximate surface area is 186 Å². The monoisotopic (exact) mass is 457 g/mol. The minimum Gasteiger partial charge on any atom is -0.494 e. The fourth-order valence-electron chi connectivity index (χ4n) is 2.73. The Balaban J connectivity index is 1.85. The second-order valence-corrected chi connectivity index (χ2v) is 9.40. The summed E-state index contributed by atoms with van der Waals surface area (Å²) in [6.07, 6.45) is 1.51. The third kappa shape index (κ3) is 5.93. The first-order chi connectivity index (χ1) is 14.9. The van der Waals surface area contributed by atoms with E-state index in [0.717, 1.165) is 14.7 Å². The summed E-state index contributed by atoms with van der Waals surface area (Å²) in [7, 11) is -3.99. The van der Waals surface area contributed by atoms with E-state index in [-0.39, 0.29) is 4.90 Å². The molecule has 0 bridgehead atoms. The zero-order valence-corrected chi connectivity index (χ0v) is 18.8. The number of nitrogens with one attached hydrogen (secondary N) is 1. The summed E-state index contributed by atoms with van der Waals surface area (Å²) in [5, 5.41) is 5.80. The van der Waals surface area contributed by atoms with Gasteiger partial charge in [-0.2, -0.15) is 5.10 Å². The van der Waals surface area contributed by atoms with Crippen LogP contribution in [0.4, 0.5) is 5.69 Å².